The second kappa shape index (κ2) is 6.35. The molecule has 2 rings (SSSR count). The summed E-state index contributed by atoms with van der Waals surface area (Å²) in [6, 6.07) is 1.19. The first-order valence-electron chi connectivity index (χ1n) is 7.27. The van der Waals surface area contributed by atoms with Crippen LogP contribution < -0.4 is 5.32 Å². The van der Waals surface area contributed by atoms with E-state index in [1.165, 1.54) is 44.8 Å². The van der Waals surface area contributed by atoms with E-state index in [1.54, 1.807) is 4.31 Å². The molecular weight excluding hydrogens is 248 g/mol. The molecule has 106 valence electrons. The molecule has 0 aromatic rings. The lowest BCUT2D eigenvalue weighted by Gasteiger charge is -2.33. The van der Waals surface area contributed by atoms with Gasteiger partial charge >= 0.3 is 0 Å². The fourth-order valence-corrected chi connectivity index (χ4v) is 4.01. The summed E-state index contributed by atoms with van der Waals surface area (Å²) in [5, 5.41) is 3.75. The average molecular weight is 274 g/mol. The molecule has 1 aliphatic carbocycles. The second-order valence-electron chi connectivity index (χ2n) is 5.79. The molecule has 2 aliphatic rings. The first-order valence-corrected chi connectivity index (χ1v) is 9.12. The molecule has 0 unspecified atom stereocenters. The molecule has 1 saturated heterocycles. The smallest absolute Gasteiger partial charge is 0.211 e. The third-order valence-corrected chi connectivity index (χ3v) is 5.55. The van der Waals surface area contributed by atoms with Gasteiger partial charge in [-0.15, -0.1) is 0 Å². The number of piperidine rings is 1. The number of hydrogen-bond donors (Lipinski definition) is 1. The number of rotatable bonds is 3. The molecule has 18 heavy (non-hydrogen) atoms. The van der Waals surface area contributed by atoms with Gasteiger partial charge in [-0.1, -0.05) is 25.7 Å². The monoisotopic (exact) mass is 274 g/mol. The standard InChI is InChI=1S/C13H26N2O2S/c1-18(16,17)15-10-8-13(9-11-15)14-12-6-4-2-3-5-7-12/h12-14H,2-11H2,1H3. The van der Waals surface area contributed by atoms with Crippen LogP contribution in [0, 0.1) is 0 Å². The lowest BCUT2D eigenvalue weighted by atomic mass is 10.0. The number of nitrogens with zero attached hydrogens (tertiary/aromatic N) is 1. The summed E-state index contributed by atoms with van der Waals surface area (Å²) >= 11 is 0. The van der Waals surface area contributed by atoms with E-state index in [9.17, 15) is 8.42 Å². The maximum atomic E-state index is 11.4. The van der Waals surface area contributed by atoms with Crippen molar-refractivity contribution in [2.75, 3.05) is 19.3 Å². The Morgan fingerprint density at radius 3 is 1.89 bits per heavy atom. The summed E-state index contributed by atoms with van der Waals surface area (Å²) in [6.45, 7) is 1.37. The van der Waals surface area contributed by atoms with Crippen molar-refractivity contribution in [1.29, 1.82) is 0 Å². The molecule has 0 aromatic heterocycles. The van der Waals surface area contributed by atoms with Crippen LogP contribution in [0.2, 0.25) is 0 Å². The largest absolute Gasteiger partial charge is 0.311 e. The normalized spacial score (nSPS) is 26.1. The minimum atomic E-state index is -2.98. The molecule has 1 aliphatic heterocycles. The van der Waals surface area contributed by atoms with Crippen molar-refractivity contribution in [2.24, 2.45) is 0 Å². The van der Waals surface area contributed by atoms with Gasteiger partial charge in [-0.2, -0.15) is 0 Å². The highest BCUT2D eigenvalue weighted by molar-refractivity contribution is 7.88. The van der Waals surface area contributed by atoms with Crippen molar-refractivity contribution in [3.05, 3.63) is 0 Å². The van der Waals surface area contributed by atoms with E-state index >= 15 is 0 Å². The predicted molar refractivity (Wildman–Crippen MR) is 74.1 cm³/mol. The molecular formula is C13H26N2O2S. The molecule has 4 nitrogen and oxygen atoms in total. The van der Waals surface area contributed by atoms with Crippen LogP contribution in [0.3, 0.4) is 0 Å². The summed E-state index contributed by atoms with van der Waals surface area (Å²) in [5.74, 6) is 0. The highest BCUT2D eigenvalue weighted by atomic mass is 32.2. The fourth-order valence-electron chi connectivity index (χ4n) is 3.13. The Kier molecular flexibility index (Phi) is 5.04. The SMILES string of the molecule is CS(=O)(=O)N1CCC(NC2CCCCCC2)CC1. The van der Waals surface area contributed by atoms with Gasteiger partial charge in [0.2, 0.25) is 10.0 Å². The van der Waals surface area contributed by atoms with Gasteiger partial charge in [0.25, 0.3) is 0 Å². The van der Waals surface area contributed by atoms with E-state index in [2.05, 4.69) is 5.32 Å². The average Bonchev–Trinajstić information content (AvgIpc) is 2.57. The Labute approximate surface area is 111 Å². The topological polar surface area (TPSA) is 49.4 Å². The fraction of sp³-hybridized carbons (Fsp3) is 1.00. The van der Waals surface area contributed by atoms with Crippen molar-refractivity contribution in [1.82, 2.24) is 9.62 Å². The van der Waals surface area contributed by atoms with Crippen molar-refractivity contribution in [3.63, 3.8) is 0 Å². The van der Waals surface area contributed by atoms with Crippen LogP contribution >= 0.6 is 0 Å². The summed E-state index contributed by atoms with van der Waals surface area (Å²) in [7, 11) is -2.98. The molecule has 0 bridgehead atoms. The maximum Gasteiger partial charge on any atom is 0.211 e. The number of nitrogens with one attached hydrogen (secondary N) is 1. The molecule has 1 N–H and O–H groups in total. The summed E-state index contributed by atoms with van der Waals surface area (Å²) in [6.07, 6.45) is 11.3. The van der Waals surface area contributed by atoms with Gasteiger partial charge in [-0.3, -0.25) is 0 Å². The minimum absolute atomic E-state index is 0.520. The molecule has 1 saturated carbocycles. The van der Waals surface area contributed by atoms with Crippen molar-refractivity contribution in [2.45, 2.75) is 63.5 Å². The summed E-state index contributed by atoms with van der Waals surface area (Å²) in [5.41, 5.74) is 0. The predicted octanol–water partition coefficient (Wildman–Crippen LogP) is 1.72. The zero-order chi connectivity index (χ0) is 13.0. The van der Waals surface area contributed by atoms with E-state index in [-0.39, 0.29) is 0 Å². The van der Waals surface area contributed by atoms with E-state index in [1.807, 2.05) is 0 Å². The van der Waals surface area contributed by atoms with Crippen LogP contribution in [0.5, 0.6) is 0 Å². The van der Waals surface area contributed by atoms with Crippen LogP contribution in [-0.2, 0) is 10.0 Å². The van der Waals surface area contributed by atoms with Crippen LogP contribution in [0.1, 0.15) is 51.4 Å². The molecule has 0 atom stereocenters. The van der Waals surface area contributed by atoms with Gasteiger partial charge in [0.05, 0.1) is 6.26 Å². The van der Waals surface area contributed by atoms with Crippen LogP contribution in [0.25, 0.3) is 0 Å². The lowest BCUT2D eigenvalue weighted by molar-refractivity contribution is 0.266. The van der Waals surface area contributed by atoms with Gasteiger partial charge in [-0.25, -0.2) is 12.7 Å². The van der Waals surface area contributed by atoms with Crippen LogP contribution in [0.15, 0.2) is 0 Å². The van der Waals surface area contributed by atoms with Gasteiger partial charge in [0.1, 0.15) is 0 Å². The Morgan fingerprint density at radius 1 is 0.889 bits per heavy atom. The van der Waals surface area contributed by atoms with Crippen molar-refractivity contribution in [3.8, 4) is 0 Å². The lowest BCUT2D eigenvalue weighted by Crippen LogP contribution is -2.47. The first kappa shape index (κ1) is 14.3. The van der Waals surface area contributed by atoms with Gasteiger partial charge in [0, 0.05) is 25.2 Å². The molecule has 0 radical (unpaired) electrons. The highest BCUT2D eigenvalue weighted by Crippen LogP contribution is 2.20. The molecule has 5 heteroatoms. The van der Waals surface area contributed by atoms with Crippen molar-refractivity contribution < 1.29 is 8.42 Å². The third-order valence-electron chi connectivity index (χ3n) is 4.25. The third kappa shape index (κ3) is 4.21. The quantitative estimate of drug-likeness (QED) is 0.797. The summed E-state index contributed by atoms with van der Waals surface area (Å²) in [4.78, 5) is 0. The highest BCUT2D eigenvalue weighted by Gasteiger charge is 2.26. The van der Waals surface area contributed by atoms with E-state index < -0.39 is 10.0 Å². The Hall–Kier alpha value is -0.130. The Balaban J connectivity index is 1.76. The zero-order valence-corrected chi connectivity index (χ0v) is 12.2. The zero-order valence-electron chi connectivity index (χ0n) is 11.4. The molecule has 0 aromatic carbocycles. The van der Waals surface area contributed by atoms with Gasteiger partial charge < -0.3 is 5.32 Å². The second-order valence-corrected chi connectivity index (χ2v) is 7.77. The molecule has 1 heterocycles. The van der Waals surface area contributed by atoms with Crippen LogP contribution in [0.4, 0.5) is 0 Å². The molecule has 0 spiro atoms. The van der Waals surface area contributed by atoms with E-state index in [0.717, 1.165) is 12.8 Å². The maximum absolute atomic E-state index is 11.4. The first-order chi connectivity index (χ1) is 8.55. The van der Waals surface area contributed by atoms with E-state index in [4.69, 9.17) is 0 Å². The number of sulfonamides is 1. The summed E-state index contributed by atoms with van der Waals surface area (Å²) < 4.78 is 24.5. The van der Waals surface area contributed by atoms with E-state index in [0.29, 0.717) is 25.2 Å². The Bertz CT molecular complexity index is 340. The van der Waals surface area contributed by atoms with Crippen LogP contribution in [-0.4, -0.2) is 44.2 Å². The molecule has 0 amide bonds. The minimum Gasteiger partial charge on any atom is -0.311 e. The van der Waals surface area contributed by atoms with Crippen molar-refractivity contribution >= 4 is 10.0 Å². The van der Waals surface area contributed by atoms with Gasteiger partial charge in [0.15, 0.2) is 0 Å². The molecule has 2 fully saturated rings. The Morgan fingerprint density at radius 2 is 1.39 bits per heavy atom. The number of hydrogen-bond acceptors (Lipinski definition) is 3. The van der Waals surface area contributed by atoms with Gasteiger partial charge in [-0.05, 0) is 25.7 Å².